The second kappa shape index (κ2) is 6.84. The first-order valence-corrected chi connectivity index (χ1v) is 9.31. The van der Waals surface area contributed by atoms with Crippen LogP contribution >= 0.6 is 11.6 Å². The molecule has 1 unspecified atom stereocenters. The van der Waals surface area contributed by atoms with E-state index in [9.17, 15) is 4.79 Å². The summed E-state index contributed by atoms with van der Waals surface area (Å²) in [6.45, 7) is 9.67. The Kier molecular flexibility index (Phi) is 4.92. The summed E-state index contributed by atoms with van der Waals surface area (Å²) in [6.07, 6.45) is 1.50. The van der Waals surface area contributed by atoms with Crippen molar-refractivity contribution in [2.45, 2.75) is 52.0 Å². The zero-order valence-electron chi connectivity index (χ0n) is 15.5. The number of aryl methyl sites for hydroxylation is 1. The molecule has 0 saturated carbocycles. The largest absolute Gasteiger partial charge is 0.366 e. The van der Waals surface area contributed by atoms with Crippen molar-refractivity contribution in [1.82, 2.24) is 0 Å². The van der Waals surface area contributed by atoms with Gasteiger partial charge in [-0.05, 0) is 69.4 Å². The second-order valence-electron chi connectivity index (χ2n) is 7.98. The maximum atomic E-state index is 12.8. The van der Waals surface area contributed by atoms with Crippen LogP contribution in [0.15, 0.2) is 42.5 Å². The van der Waals surface area contributed by atoms with Crippen LogP contribution in [0.4, 0.5) is 5.69 Å². The van der Waals surface area contributed by atoms with E-state index in [0.717, 1.165) is 18.5 Å². The number of fused-ring (bicyclic) bond motifs is 1. The fourth-order valence-corrected chi connectivity index (χ4v) is 4.07. The first-order valence-electron chi connectivity index (χ1n) is 8.93. The van der Waals surface area contributed by atoms with E-state index in [0.29, 0.717) is 17.0 Å². The SMILES string of the molecule is Cc1ccc(C(=O)CC2CCN(C(C)(C)C)c3ccccc32)c(Cl)c1. The van der Waals surface area contributed by atoms with Gasteiger partial charge in [0.15, 0.2) is 5.78 Å². The molecule has 0 aromatic heterocycles. The van der Waals surface area contributed by atoms with Gasteiger partial charge >= 0.3 is 0 Å². The number of rotatable bonds is 3. The average molecular weight is 356 g/mol. The highest BCUT2D eigenvalue weighted by Gasteiger charge is 2.32. The highest BCUT2D eigenvalue weighted by molar-refractivity contribution is 6.34. The number of para-hydroxylation sites is 1. The van der Waals surface area contributed by atoms with Gasteiger partial charge in [0.1, 0.15) is 0 Å². The van der Waals surface area contributed by atoms with Gasteiger partial charge < -0.3 is 4.90 Å². The van der Waals surface area contributed by atoms with Crippen molar-refractivity contribution >= 4 is 23.1 Å². The van der Waals surface area contributed by atoms with E-state index in [1.54, 1.807) is 0 Å². The predicted octanol–water partition coefficient (Wildman–Crippen LogP) is 6.01. The zero-order chi connectivity index (χ0) is 18.2. The molecule has 2 nitrogen and oxygen atoms in total. The van der Waals surface area contributed by atoms with Crippen LogP contribution < -0.4 is 4.90 Å². The third-order valence-electron chi connectivity index (χ3n) is 5.04. The van der Waals surface area contributed by atoms with Gasteiger partial charge in [0.25, 0.3) is 0 Å². The van der Waals surface area contributed by atoms with Crippen molar-refractivity contribution in [1.29, 1.82) is 0 Å². The molecule has 0 fully saturated rings. The third kappa shape index (κ3) is 3.74. The normalized spacial score (nSPS) is 17.3. The molecule has 132 valence electrons. The van der Waals surface area contributed by atoms with Crippen molar-refractivity contribution in [3.8, 4) is 0 Å². The van der Waals surface area contributed by atoms with Gasteiger partial charge in [-0.25, -0.2) is 0 Å². The molecule has 0 radical (unpaired) electrons. The minimum atomic E-state index is 0.0747. The molecule has 0 spiro atoms. The fraction of sp³-hybridized carbons (Fsp3) is 0.409. The van der Waals surface area contributed by atoms with Crippen LogP contribution in [0.2, 0.25) is 5.02 Å². The number of hydrogen-bond acceptors (Lipinski definition) is 2. The monoisotopic (exact) mass is 355 g/mol. The highest BCUT2D eigenvalue weighted by atomic mass is 35.5. The Labute approximate surface area is 155 Å². The molecule has 1 aliphatic heterocycles. The standard InChI is InChI=1S/C22H26ClNO/c1-15-9-10-18(19(23)13-15)21(25)14-16-11-12-24(22(2,3)4)20-8-6-5-7-17(16)20/h5-10,13,16H,11-12,14H2,1-4H3. The van der Waals surface area contributed by atoms with Gasteiger partial charge in [0, 0.05) is 29.8 Å². The van der Waals surface area contributed by atoms with Crippen LogP contribution in [0.1, 0.15) is 61.0 Å². The van der Waals surface area contributed by atoms with E-state index in [4.69, 9.17) is 11.6 Å². The maximum absolute atomic E-state index is 12.8. The van der Waals surface area contributed by atoms with Crippen molar-refractivity contribution in [3.05, 3.63) is 64.2 Å². The first kappa shape index (κ1) is 18.0. The number of hydrogen-bond donors (Lipinski definition) is 0. The molecule has 0 aliphatic carbocycles. The van der Waals surface area contributed by atoms with E-state index >= 15 is 0 Å². The summed E-state index contributed by atoms with van der Waals surface area (Å²) in [6, 6.07) is 14.2. The molecule has 2 aromatic rings. The molecular weight excluding hydrogens is 330 g/mol. The summed E-state index contributed by atoms with van der Waals surface area (Å²) in [4.78, 5) is 15.3. The quantitative estimate of drug-likeness (QED) is 0.628. The first-order chi connectivity index (χ1) is 11.8. The van der Waals surface area contributed by atoms with E-state index in [1.807, 2.05) is 25.1 Å². The molecule has 3 rings (SSSR count). The predicted molar refractivity (Wildman–Crippen MR) is 106 cm³/mol. The summed E-state index contributed by atoms with van der Waals surface area (Å²) in [7, 11) is 0. The number of benzene rings is 2. The van der Waals surface area contributed by atoms with Crippen LogP contribution in [-0.4, -0.2) is 17.9 Å². The average Bonchev–Trinajstić information content (AvgIpc) is 2.53. The molecule has 25 heavy (non-hydrogen) atoms. The Balaban J connectivity index is 1.87. The fourth-order valence-electron chi connectivity index (χ4n) is 3.73. The Hall–Kier alpha value is -1.80. The summed E-state index contributed by atoms with van der Waals surface area (Å²) in [5.41, 5.74) is 4.33. The third-order valence-corrected chi connectivity index (χ3v) is 5.35. The number of Topliss-reactive ketones (excluding diaryl/α,β-unsaturated/α-hetero) is 1. The number of nitrogens with zero attached hydrogens (tertiary/aromatic N) is 1. The Morgan fingerprint density at radius 1 is 1.20 bits per heavy atom. The number of anilines is 1. The van der Waals surface area contributed by atoms with E-state index in [2.05, 4.69) is 49.9 Å². The number of carbonyl (C=O) groups excluding carboxylic acids is 1. The number of halogens is 1. The molecule has 0 saturated heterocycles. The highest BCUT2D eigenvalue weighted by Crippen LogP contribution is 2.40. The van der Waals surface area contributed by atoms with Gasteiger partial charge in [-0.3, -0.25) is 4.79 Å². The summed E-state index contributed by atoms with van der Waals surface area (Å²) in [5.74, 6) is 0.383. The molecule has 1 heterocycles. The van der Waals surface area contributed by atoms with Crippen molar-refractivity contribution in [2.24, 2.45) is 0 Å². The van der Waals surface area contributed by atoms with Crippen LogP contribution in [0.25, 0.3) is 0 Å². The lowest BCUT2D eigenvalue weighted by Gasteiger charge is -2.44. The molecule has 1 aliphatic rings. The van der Waals surface area contributed by atoms with Crippen LogP contribution in [0, 0.1) is 6.92 Å². The van der Waals surface area contributed by atoms with E-state index < -0.39 is 0 Å². The van der Waals surface area contributed by atoms with Crippen molar-refractivity contribution in [2.75, 3.05) is 11.4 Å². The van der Waals surface area contributed by atoms with Gasteiger partial charge in [-0.2, -0.15) is 0 Å². The molecule has 1 atom stereocenters. The summed E-state index contributed by atoms with van der Waals surface area (Å²) >= 11 is 6.30. The Morgan fingerprint density at radius 2 is 1.92 bits per heavy atom. The number of ketones is 1. The zero-order valence-corrected chi connectivity index (χ0v) is 16.2. The lowest BCUT2D eigenvalue weighted by Crippen LogP contribution is -2.45. The van der Waals surface area contributed by atoms with E-state index in [1.165, 1.54) is 11.3 Å². The molecule has 0 bridgehead atoms. The van der Waals surface area contributed by atoms with Gasteiger partial charge in [-0.1, -0.05) is 35.9 Å². The molecule has 2 aromatic carbocycles. The van der Waals surface area contributed by atoms with Crippen molar-refractivity contribution < 1.29 is 4.79 Å². The van der Waals surface area contributed by atoms with E-state index in [-0.39, 0.29) is 17.2 Å². The lowest BCUT2D eigenvalue weighted by molar-refractivity contribution is 0.0972. The number of carbonyl (C=O) groups is 1. The van der Waals surface area contributed by atoms with Crippen LogP contribution in [0.3, 0.4) is 0 Å². The molecule has 0 N–H and O–H groups in total. The lowest BCUT2D eigenvalue weighted by atomic mass is 9.83. The molecule has 0 amide bonds. The summed E-state index contributed by atoms with van der Waals surface area (Å²) < 4.78 is 0. The summed E-state index contributed by atoms with van der Waals surface area (Å²) in [5, 5.41) is 0.561. The van der Waals surface area contributed by atoms with Crippen LogP contribution in [0.5, 0.6) is 0 Å². The van der Waals surface area contributed by atoms with Gasteiger partial charge in [0.05, 0.1) is 5.02 Å². The Bertz CT molecular complexity index is 791. The molecular formula is C22H26ClNO. The maximum Gasteiger partial charge on any atom is 0.164 e. The molecule has 3 heteroatoms. The van der Waals surface area contributed by atoms with Gasteiger partial charge in [-0.15, -0.1) is 0 Å². The Morgan fingerprint density at radius 3 is 2.60 bits per heavy atom. The minimum Gasteiger partial charge on any atom is -0.366 e. The minimum absolute atomic E-state index is 0.0747. The van der Waals surface area contributed by atoms with Gasteiger partial charge in [0.2, 0.25) is 0 Å². The second-order valence-corrected chi connectivity index (χ2v) is 8.38. The van der Waals surface area contributed by atoms with Crippen molar-refractivity contribution in [3.63, 3.8) is 0 Å². The topological polar surface area (TPSA) is 20.3 Å². The van der Waals surface area contributed by atoms with Crippen LogP contribution in [-0.2, 0) is 0 Å². The smallest absolute Gasteiger partial charge is 0.164 e.